The van der Waals surface area contributed by atoms with Crippen molar-refractivity contribution in [3.63, 3.8) is 0 Å². The van der Waals surface area contributed by atoms with Crippen molar-refractivity contribution in [2.45, 2.75) is 13.8 Å². The summed E-state index contributed by atoms with van der Waals surface area (Å²) in [5.41, 5.74) is 15.3. The number of nitrogens with zero attached hydrogens (tertiary/aromatic N) is 4. The van der Waals surface area contributed by atoms with Crippen molar-refractivity contribution in [3.8, 4) is 56.9 Å². The maximum atomic E-state index is 11.4. The zero-order valence-corrected chi connectivity index (χ0v) is 31.0. The Morgan fingerprint density at radius 1 is 0.375 bits per heavy atom. The molecule has 2 heterocycles. The summed E-state index contributed by atoms with van der Waals surface area (Å²) in [6.45, 7) is 4.24. The van der Waals surface area contributed by atoms with E-state index in [1.165, 1.54) is 11.1 Å². The first kappa shape index (κ1) is 32.9. The molecular weight excluding hydrogens is 681 g/mol. The third-order valence-electron chi connectivity index (χ3n) is 11.1. The molecular formula is C52H34N4. The Bertz CT molecular complexity index is 3120. The predicted molar refractivity (Wildman–Crippen MR) is 230 cm³/mol. The van der Waals surface area contributed by atoms with E-state index in [2.05, 4.69) is 181 Å². The number of hydrogen-bond acceptors (Lipinski definition) is 2. The molecule has 10 aromatic rings. The second-order valence-corrected chi connectivity index (χ2v) is 14.6. The number of aromatic nitrogens is 2. The summed E-state index contributed by atoms with van der Waals surface area (Å²) in [7, 11) is 0. The highest BCUT2D eigenvalue weighted by atomic mass is 15.0. The van der Waals surface area contributed by atoms with Gasteiger partial charge in [-0.3, -0.25) is 0 Å². The maximum Gasteiger partial charge on any atom is 0.104 e. The van der Waals surface area contributed by atoms with Gasteiger partial charge in [0, 0.05) is 21.5 Å². The van der Waals surface area contributed by atoms with Gasteiger partial charge < -0.3 is 9.13 Å². The Morgan fingerprint density at radius 3 is 1.34 bits per heavy atom. The molecule has 4 heteroatoms. The van der Waals surface area contributed by atoms with E-state index in [1.807, 2.05) is 24.3 Å². The fourth-order valence-corrected chi connectivity index (χ4v) is 8.54. The second kappa shape index (κ2) is 13.0. The van der Waals surface area contributed by atoms with Crippen LogP contribution in [0.4, 0.5) is 0 Å². The van der Waals surface area contributed by atoms with Crippen LogP contribution in [0.3, 0.4) is 0 Å². The third kappa shape index (κ3) is 5.20. The van der Waals surface area contributed by atoms with Crippen LogP contribution in [0.25, 0.3) is 88.4 Å². The third-order valence-corrected chi connectivity index (χ3v) is 11.1. The fourth-order valence-electron chi connectivity index (χ4n) is 8.54. The number of para-hydroxylation sites is 2. The van der Waals surface area contributed by atoms with Crippen molar-refractivity contribution < 1.29 is 0 Å². The molecule has 2 aromatic heterocycles. The lowest BCUT2D eigenvalue weighted by molar-refractivity contribution is 1.12. The lowest BCUT2D eigenvalue weighted by Gasteiger charge is -2.19. The average Bonchev–Trinajstić information content (AvgIpc) is 3.75. The minimum Gasteiger partial charge on any atom is -0.308 e. The van der Waals surface area contributed by atoms with Gasteiger partial charge in [-0.25, -0.2) is 0 Å². The Kier molecular flexibility index (Phi) is 7.66. The second-order valence-electron chi connectivity index (χ2n) is 14.6. The minimum atomic E-state index is 0.541. The van der Waals surface area contributed by atoms with Crippen molar-refractivity contribution in [3.05, 3.63) is 192 Å². The molecule has 8 aromatic carbocycles. The van der Waals surface area contributed by atoms with E-state index in [1.54, 1.807) is 0 Å². The minimum absolute atomic E-state index is 0.541. The summed E-state index contributed by atoms with van der Waals surface area (Å²) in [6, 6.07) is 64.2. The molecule has 0 atom stereocenters. The Hall–Kier alpha value is -7.66. The van der Waals surface area contributed by atoms with E-state index in [-0.39, 0.29) is 0 Å². The highest BCUT2D eigenvalue weighted by Gasteiger charge is 2.23. The van der Waals surface area contributed by atoms with Crippen LogP contribution >= 0.6 is 0 Å². The molecule has 0 saturated carbocycles. The molecule has 0 unspecified atom stereocenters. The van der Waals surface area contributed by atoms with Crippen molar-refractivity contribution in [1.29, 1.82) is 10.5 Å². The smallest absolute Gasteiger partial charge is 0.104 e. The van der Waals surface area contributed by atoms with Gasteiger partial charge in [-0.2, -0.15) is 10.5 Å². The first-order valence-corrected chi connectivity index (χ1v) is 18.8. The quantitative estimate of drug-likeness (QED) is 0.178. The Labute approximate surface area is 325 Å². The van der Waals surface area contributed by atoms with Crippen LogP contribution in [0.2, 0.25) is 0 Å². The lowest BCUT2D eigenvalue weighted by Crippen LogP contribution is -2.05. The molecule has 4 nitrogen and oxygen atoms in total. The topological polar surface area (TPSA) is 57.4 Å². The number of benzene rings is 8. The largest absolute Gasteiger partial charge is 0.308 e. The van der Waals surface area contributed by atoms with Crippen molar-refractivity contribution in [2.75, 3.05) is 0 Å². The molecule has 0 saturated heterocycles. The molecule has 0 fully saturated rings. The van der Waals surface area contributed by atoms with Crippen LogP contribution in [0.15, 0.2) is 170 Å². The molecule has 0 radical (unpaired) electrons. The van der Waals surface area contributed by atoms with Gasteiger partial charge in [-0.1, -0.05) is 126 Å². The standard InChI is InChI=1S/C52H34N4/c1-33-11-9-14-35(25-33)37-21-23-49-44(27-37)42-17-5-7-19-47(42)55(49)51-29-40(41-16-4-3-13-39(41)31-53)30-52(46(51)32-54)56-48-20-8-6-18-43(48)45-28-38(22-24-50(45)56)36-15-10-12-34(2)26-36/h3-30H,1-2H3. The summed E-state index contributed by atoms with van der Waals surface area (Å²) in [5, 5.41) is 26.1. The predicted octanol–water partition coefficient (Wildman–Crippen LogP) is 13.2. The van der Waals surface area contributed by atoms with Gasteiger partial charge in [0.2, 0.25) is 0 Å². The highest BCUT2D eigenvalue weighted by Crippen LogP contribution is 2.42. The number of hydrogen-bond donors (Lipinski definition) is 0. The molecule has 10 rings (SSSR count). The van der Waals surface area contributed by atoms with Crippen molar-refractivity contribution in [1.82, 2.24) is 9.13 Å². The summed E-state index contributed by atoms with van der Waals surface area (Å²) in [4.78, 5) is 0. The Balaban J connectivity index is 1.31. The van der Waals surface area contributed by atoms with Crippen LogP contribution in [0, 0.1) is 36.5 Å². The number of rotatable bonds is 5. The fraction of sp³-hybridized carbons (Fsp3) is 0.0385. The van der Waals surface area contributed by atoms with Crippen LogP contribution in [-0.4, -0.2) is 9.13 Å². The van der Waals surface area contributed by atoms with Gasteiger partial charge in [0.05, 0.1) is 45.1 Å². The van der Waals surface area contributed by atoms with E-state index in [4.69, 9.17) is 0 Å². The zero-order chi connectivity index (χ0) is 37.9. The Morgan fingerprint density at radius 2 is 0.839 bits per heavy atom. The molecule has 56 heavy (non-hydrogen) atoms. The van der Waals surface area contributed by atoms with Crippen LogP contribution < -0.4 is 0 Å². The van der Waals surface area contributed by atoms with Crippen LogP contribution in [0.1, 0.15) is 22.3 Å². The monoisotopic (exact) mass is 714 g/mol. The van der Waals surface area contributed by atoms with Gasteiger partial charge in [0.15, 0.2) is 0 Å². The normalized spacial score (nSPS) is 11.4. The molecule has 0 spiro atoms. The van der Waals surface area contributed by atoms with E-state index < -0.39 is 0 Å². The first-order valence-electron chi connectivity index (χ1n) is 18.8. The lowest BCUT2D eigenvalue weighted by atomic mass is 9.96. The summed E-state index contributed by atoms with van der Waals surface area (Å²) in [5.74, 6) is 0. The van der Waals surface area contributed by atoms with Gasteiger partial charge in [-0.05, 0) is 102 Å². The maximum absolute atomic E-state index is 11.4. The molecule has 0 aliphatic heterocycles. The first-order chi connectivity index (χ1) is 27.5. The molecule has 0 amide bonds. The van der Waals surface area contributed by atoms with E-state index in [0.717, 1.165) is 88.4 Å². The van der Waals surface area contributed by atoms with Crippen molar-refractivity contribution >= 4 is 43.6 Å². The summed E-state index contributed by atoms with van der Waals surface area (Å²) < 4.78 is 4.46. The molecule has 0 aliphatic rings. The molecule has 0 bridgehead atoms. The zero-order valence-electron chi connectivity index (χ0n) is 31.0. The highest BCUT2D eigenvalue weighted by molar-refractivity contribution is 6.12. The molecule has 262 valence electrons. The number of nitriles is 2. The van der Waals surface area contributed by atoms with E-state index in [0.29, 0.717) is 11.1 Å². The van der Waals surface area contributed by atoms with Gasteiger partial charge >= 0.3 is 0 Å². The van der Waals surface area contributed by atoms with E-state index >= 15 is 0 Å². The van der Waals surface area contributed by atoms with Gasteiger partial charge in [0.25, 0.3) is 0 Å². The summed E-state index contributed by atoms with van der Waals surface area (Å²) >= 11 is 0. The number of fused-ring (bicyclic) bond motifs is 6. The summed E-state index contributed by atoms with van der Waals surface area (Å²) in [6.07, 6.45) is 0. The van der Waals surface area contributed by atoms with Crippen molar-refractivity contribution in [2.24, 2.45) is 0 Å². The van der Waals surface area contributed by atoms with Gasteiger partial charge in [0.1, 0.15) is 11.6 Å². The van der Waals surface area contributed by atoms with Crippen LogP contribution in [-0.2, 0) is 0 Å². The average molecular weight is 715 g/mol. The van der Waals surface area contributed by atoms with Crippen LogP contribution in [0.5, 0.6) is 0 Å². The number of aryl methyl sites for hydroxylation is 2. The van der Waals surface area contributed by atoms with Gasteiger partial charge in [-0.15, -0.1) is 0 Å². The SMILES string of the molecule is Cc1cccc(-c2ccc3c(c2)c2ccccc2n3-c2cc(-c3ccccc3C#N)cc(-n3c4ccccc4c4cc(-c5cccc(C)c5)ccc43)c2C#N)c1. The molecule has 0 N–H and O–H groups in total. The van der Waals surface area contributed by atoms with E-state index in [9.17, 15) is 10.5 Å². The molecule has 0 aliphatic carbocycles.